The van der Waals surface area contributed by atoms with E-state index in [-0.39, 0.29) is 10.8 Å². The first-order valence-corrected chi connectivity index (χ1v) is 7.66. The number of alkyl halides is 1. The molecule has 1 aromatic rings. The average molecular weight is 276 g/mol. The van der Waals surface area contributed by atoms with Crippen LogP contribution in [0, 0.1) is 0 Å². The van der Waals surface area contributed by atoms with Gasteiger partial charge in [-0.2, -0.15) is 0 Å². The summed E-state index contributed by atoms with van der Waals surface area (Å²) in [5.41, 5.74) is -0.559. The van der Waals surface area contributed by atoms with Gasteiger partial charge in [-0.15, -0.1) is 11.6 Å². The fourth-order valence-corrected chi connectivity index (χ4v) is 3.64. The molecule has 0 unspecified atom stereocenters. The molecule has 0 spiro atoms. The fourth-order valence-electron chi connectivity index (χ4n) is 1.55. The minimum Gasteiger partial charge on any atom is -0.207 e. The predicted octanol–water partition coefficient (Wildman–Crippen LogP) is 2.76. The summed E-state index contributed by atoms with van der Waals surface area (Å²) >= 11 is 5.89. The Labute approximate surface area is 108 Å². The average Bonchev–Trinajstić information content (AvgIpc) is 2.37. The van der Waals surface area contributed by atoms with Crippen LogP contribution in [0.4, 0.5) is 0 Å². The summed E-state index contributed by atoms with van der Waals surface area (Å²) in [6.45, 7) is 3.86. The Bertz CT molecular complexity index is 433. The summed E-state index contributed by atoms with van der Waals surface area (Å²) in [7, 11) is -3.49. The van der Waals surface area contributed by atoms with Gasteiger partial charge in [-0.25, -0.2) is 13.1 Å². The quantitative estimate of drug-likeness (QED) is 0.812. The van der Waals surface area contributed by atoms with Gasteiger partial charge in [-0.3, -0.25) is 0 Å². The second kappa shape index (κ2) is 5.85. The summed E-state index contributed by atoms with van der Waals surface area (Å²) in [5.74, 6) is 0.270. The van der Waals surface area contributed by atoms with Gasteiger partial charge in [0.25, 0.3) is 0 Å². The Morgan fingerprint density at radius 1 is 1.18 bits per heavy atom. The van der Waals surface area contributed by atoms with Crippen LogP contribution in [0.15, 0.2) is 35.2 Å². The lowest BCUT2D eigenvalue weighted by Gasteiger charge is -2.30. The van der Waals surface area contributed by atoms with Gasteiger partial charge in [0.2, 0.25) is 10.0 Å². The van der Waals surface area contributed by atoms with Crippen LogP contribution >= 0.6 is 11.6 Å². The van der Waals surface area contributed by atoms with E-state index in [0.717, 1.165) is 0 Å². The van der Waals surface area contributed by atoms with Gasteiger partial charge in [0.15, 0.2) is 0 Å². The predicted molar refractivity (Wildman–Crippen MR) is 70.8 cm³/mol. The molecule has 1 N–H and O–H groups in total. The van der Waals surface area contributed by atoms with Crippen molar-refractivity contribution in [3.05, 3.63) is 30.3 Å². The van der Waals surface area contributed by atoms with Crippen molar-refractivity contribution in [2.24, 2.45) is 0 Å². The normalized spacial score (nSPS) is 12.6. The molecule has 0 aliphatic carbocycles. The van der Waals surface area contributed by atoms with Crippen LogP contribution in [0.25, 0.3) is 0 Å². The number of sulfonamides is 1. The lowest BCUT2D eigenvalue weighted by molar-refractivity contribution is 0.394. The Morgan fingerprint density at radius 3 is 2.12 bits per heavy atom. The van der Waals surface area contributed by atoms with E-state index in [0.29, 0.717) is 12.8 Å². The molecule has 0 saturated heterocycles. The van der Waals surface area contributed by atoms with Crippen LogP contribution in [-0.4, -0.2) is 19.8 Å². The number of rotatable bonds is 6. The summed E-state index contributed by atoms with van der Waals surface area (Å²) < 4.78 is 27.0. The SMILES string of the molecule is CCC(CC)(CCl)NS(=O)(=O)c1ccccc1. The highest BCUT2D eigenvalue weighted by atomic mass is 35.5. The maximum atomic E-state index is 12.2. The Kier molecular flexibility index (Phi) is 4.98. The Balaban J connectivity index is 3.01. The van der Waals surface area contributed by atoms with E-state index < -0.39 is 15.6 Å². The highest BCUT2D eigenvalue weighted by Gasteiger charge is 2.31. The number of halogens is 1. The minimum atomic E-state index is -3.49. The van der Waals surface area contributed by atoms with Gasteiger partial charge >= 0.3 is 0 Å². The lowest BCUT2D eigenvalue weighted by atomic mass is 9.97. The van der Waals surface area contributed by atoms with Crippen LogP contribution in [0.2, 0.25) is 0 Å². The third-order valence-electron chi connectivity index (χ3n) is 3.01. The molecule has 0 aliphatic rings. The van der Waals surface area contributed by atoms with E-state index in [1.165, 1.54) is 0 Å². The summed E-state index contributed by atoms with van der Waals surface area (Å²) in [5, 5.41) is 0. The molecule has 0 amide bonds. The zero-order valence-corrected chi connectivity index (χ0v) is 11.7. The van der Waals surface area contributed by atoms with Crippen LogP contribution in [0.5, 0.6) is 0 Å². The van der Waals surface area contributed by atoms with Gasteiger partial charge in [0.1, 0.15) is 0 Å². The number of hydrogen-bond donors (Lipinski definition) is 1. The van der Waals surface area contributed by atoms with Crippen molar-refractivity contribution >= 4 is 21.6 Å². The Morgan fingerprint density at radius 2 is 1.71 bits per heavy atom. The zero-order chi connectivity index (χ0) is 12.9. The molecule has 17 heavy (non-hydrogen) atoms. The molecule has 0 bridgehead atoms. The third kappa shape index (κ3) is 3.44. The molecule has 0 radical (unpaired) electrons. The molecule has 3 nitrogen and oxygen atoms in total. The second-order valence-electron chi connectivity index (χ2n) is 4.04. The largest absolute Gasteiger partial charge is 0.241 e. The molecule has 0 saturated carbocycles. The van der Waals surface area contributed by atoms with Gasteiger partial charge in [0, 0.05) is 11.4 Å². The topological polar surface area (TPSA) is 46.2 Å². The van der Waals surface area contributed by atoms with E-state index >= 15 is 0 Å². The van der Waals surface area contributed by atoms with Crippen molar-refractivity contribution in [3.63, 3.8) is 0 Å². The van der Waals surface area contributed by atoms with Crippen LogP contribution in [0.1, 0.15) is 26.7 Å². The maximum Gasteiger partial charge on any atom is 0.241 e. The first-order valence-electron chi connectivity index (χ1n) is 5.64. The molecular formula is C12H18ClNO2S. The van der Waals surface area contributed by atoms with Crippen molar-refractivity contribution in [1.29, 1.82) is 0 Å². The van der Waals surface area contributed by atoms with Gasteiger partial charge in [-0.1, -0.05) is 32.0 Å². The summed E-state index contributed by atoms with van der Waals surface area (Å²) in [6.07, 6.45) is 1.33. The first kappa shape index (κ1) is 14.5. The van der Waals surface area contributed by atoms with Gasteiger partial charge in [-0.05, 0) is 25.0 Å². The highest BCUT2D eigenvalue weighted by Crippen LogP contribution is 2.21. The standard InChI is InChI=1S/C12H18ClNO2S/c1-3-12(4-2,10-13)14-17(15,16)11-8-6-5-7-9-11/h5-9,14H,3-4,10H2,1-2H3. The van der Waals surface area contributed by atoms with Gasteiger partial charge in [0.05, 0.1) is 4.90 Å². The van der Waals surface area contributed by atoms with Gasteiger partial charge < -0.3 is 0 Å². The van der Waals surface area contributed by atoms with E-state index in [2.05, 4.69) is 4.72 Å². The Hall–Kier alpha value is -0.580. The monoisotopic (exact) mass is 275 g/mol. The zero-order valence-electron chi connectivity index (χ0n) is 10.1. The summed E-state index contributed by atoms with van der Waals surface area (Å²) in [4.78, 5) is 0.274. The molecule has 0 aromatic heterocycles. The highest BCUT2D eigenvalue weighted by molar-refractivity contribution is 7.89. The molecule has 1 aromatic carbocycles. The molecule has 0 heterocycles. The smallest absolute Gasteiger partial charge is 0.207 e. The number of benzene rings is 1. The van der Waals surface area contributed by atoms with Crippen molar-refractivity contribution in [2.45, 2.75) is 37.1 Å². The molecule has 5 heteroatoms. The number of nitrogens with one attached hydrogen (secondary N) is 1. The molecular weight excluding hydrogens is 258 g/mol. The first-order chi connectivity index (χ1) is 7.99. The fraction of sp³-hybridized carbons (Fsp3) is 0.500. The molecule has 0 atom stereocenters. The third-order valence-corrected chi connectivity index (χ3v) is 5.12. The van der Waals surface area contributed by atoms with E-state index in [1.54, 1.807) is 30.3 Å². The van der Waals surface area contributed by atoms with Crippen LogP contribution in [0.3, 0.4) is 0 Å². The van der Waals surface area contributed by atoms with Crippen LogP contribution < -0.4 is 4.72 Å². The van der Waals surface area contributed by atoms with Crippen molar-refractivity contribution in [3.8, 4) is 0 Å². The van der Waals surface area contributed by atoms with Crippen molar-refractivity contribution < 1.29 is 8.42 Å². The lowest BCUT2D eigenvalue weighted by Crippen LogP contribution is -2.49. The van der Waals surface area contributed by atoms with Crippen molar-refractivity contribution in [2.75, 3.05) is 5.88 Å². The maximum absolute atomic E-state index is 12.2. The summed E-state index contributed by atoms with van der Waals surface area (Å²) in [6, 6.07) is 8.34. The molecule has 1 rings (SSSR count). The van der Waals surface area contributed by atoms with Crippen LogP contribution in [-0.2, 0) is 10.0 Å². The molecule has 0 fully saturated rings. The molecule has 0 aliphatic heterocycles. The minimum absolute atomic E-state index is 0.270. The van der Waals surface area contributed by atoms with E-state index in [1.807, 2.05) is 13.8 Å². The van der Waals surface area contributed by atoms with E-state index in [4.69, 9.17) is 11.6 Å². The van der Waals surface area contributed by atoms with E-state index in [9.17, 15) is 8.42 Å². The number of hydrogen-bond acceptors (Lipinski definition) is 2. The van der Waals surface area contributed by atoms with Crippen molar-refractivity contribution in [1.82, 2.24) is 4.72 Å². The molecule has 96 valence electrons. The second-order valence-corrected chi connectivity index (χ2v) is 5.99.